The number of thiol groups is 1. The molecule has 0 fully saturated rings. The zero-order valence-corrected chi connectivity index (χ0v) is 22.0. The van der Waals surface area contributed by atoms with Gasteiger partial charge >= 0.3 is 0 Å². The van der Waals surface area contributed by atoms with Crippen LogP contribution in [0.3, 0.4) is 0 Å². The molecule has 35 heavy (non-hydrogen) atoms. The number of rotatable bonds is 14. The Morgan fingerprint density at radius 1 is 1.00 bits per heavy atom. The third kappa shape index (κ3) is 8.81. The first kappa shape index (κ1) is 28.6. The highest BCUT2D eigenvalue weighted by Crippen LogP contribution is 2.16. The van der Waals surface area contributed by atoms with Crippen LogP contribution in [0.1, 0.15) is 52.0 Å². The number of amides is 4. The molecule has 1 aromatic carbocycles. The Morgan fingerprint density at radius 2 is 1.63 bits per heavy atom. The Bertz CT molecular complexity index is 898. The number of imide groups is 1. The second-order valence-electron chi connectivity index (χ2n) is 9.24. The van der Waals surface area contributed by atoms with Crippen molar-refractivity contribution in [2.45, 2.75) is 64.3 Å². The van der Waals surface area contributed by atoms with E-state index in [0.29, 0.717) is 38.1 Å². The van der Waals surface area contributed by atoms with E-state index in [2.05, 4.69) is 23.3 Å². The molecule has 1 heterocycles. The normalized spacial score (nSPS) is 15.0. The van der Waals surface area contributed by atoms with Gasteiger partial charge in [-0.05, 0) is 43.4 Å². The van der Waals surface area contributed by atoms with Crippen LogP contribution in [0, 0.1) is 5.92 Å². The van der Waals surface area contributed by atoms with E-state index in [4.69, 9.17) is 0 Å². The van der Waals surface area contributed by atoms with Gasteiger partial charge in [-0.2, -0.15) is 12.6 Å². The fraction of sp³-hybridized carbons (Fsp3) is 0.538. The van der Waals surface area contributed by atoms with Crippen LogP contribution in [-0.4, -0.2) is 60.7 Å². The lowest BCUT2D eigenvalue weighted by Gasteiger charge is -2.27. The third-order valence-electron chi connectivity index (χ3n) is 6.19. The summed E-state index contributed by atoms with van der Waals surface area (Å²) >= 11 is 4.26. The summed E-state index contributed by atoms with van der Waals surface area (Å²) in [5.74, 6) is 0.204. The van der Waals surface area contributed by atoms with Crippen molar-refractivity contribution in [2.24, 2.45) is 5.92 Å². The van der Waals surface area contributed by atoms with Crippen molar-refractivity contribution in [3.8, 4) is 0 Å². The van der Waals surface area contributed by atoms with Gasteiger partial charge in [0.25, 0.3) is 11.8 Å². The number of unbranched alkanes of at least 4 members (excludes halogenated alkanes) is 2. The molecule has 0 unspecified atom stereocenters. The van der Waals surface area contributed by atoms with Crippen molar-refractivity contribution in [2.75, 3.05) is 25.0 Å². The molecule has 2 rings (SSSR count). The molecule has 192 valence electrons. The summed E-state index contributed by atoms with van der Waals surface area (Å²) in [5.41, 5.74) is 1.91. The minimum absolute atomic E-state index is 0.0409. The predicted octanol–water partition coefficient (Wildman–Crippen LogP) is 2.68. The monoisotopic (exact) mass is 502 g/mol. The van der Waals surface area contributed by atoms with Crippen molar-refractivity contribution < 1.29 is 19.2 Å². The zero-order chi connectivity index (χ0) is 26.0. The lowest BCUT2D eigenvalue weighted by Crippen LogP contribution is -2.50. The van der Waals surface area contributed by atoms with Crippen molar-refractivity contribution in [1.82, 2.24) is 15.5 Å². The van der Waals surface area contributed by atoms with Crippen LogP contribution in [0.4, 0.5) is 5.69 Å². The van der Waals surface area contributed by atoms with Gasteiger partial charge in [0, 0.05) is 56.2 Å². The van der Waals surface area contributed by atoms with Crippen LogP contribution < -0.4 is 15.5 Å². The summed E-state index contributed by atoms with van der Waals surface area (Å²) in [7, 11) is 1.75. The summed E-state index contributed by atoms with van der Waals surface area (Å²) in [6.07, 6.45) is 5.04. The Hall–Kier alpha value is -2.65. The molecule has 0 saturated carbocycles. The van der Waals surface area contributed by atoms with Gasteiger partial charge in [-0.15, -0.1) is 0 Å². The minimum Gasteiger partial charge on any atom is -0.352 e. The molecule has 8 nitrogen and oxygen atoms in total. The van der Waals surface area contributed by atoms with Crippen molar-refractivity contribution in [3.05, 3.63) is 42.0 Å². The number of hydrogen-bond acceptors (Lipinski definition) is 6. The van der Waals surface area contributed by atoms with Gasteiger partial charge < -0.3 is 15.5 Å². The molecule has 0 spiro atoms. The maximum atomic E-state index is 12.9. The van der Waals surface area contributed by atoms with Gasteiger partial charge in [-0.25, -0.2) is 0 Å². The third-order valence-corrected chi connectivity index (χ3v) is 6.55. The Morgan fingerprint density at radius 3 is 2.20 bits per heavy atom. The maximum absolute atomic E-state index is 12.9. The number of benzene rings is 1. The first-order valence-corrected chi connectivity index (χ1v) is 12.8. The standard InChI is InChI=1S/C26H38N4O4S/c1-18(2)22(28-23(31)8-6-5-7-15-30-24(32)13-14-25(30)33)16-27-19(3)26(34)29(4)21-11-9-20(17-35)10-12-21/h9-14,18-19,22,27,35H,5-8,15-17H2,1-4H3,(H,28,31)/t19-,22+/m0/s1. The van der Waals surface area contributed by atoms with Crippen LogP contribution in [0.5, 0.6) is 0 Å². The Labute approximate surface area is 213 Å². The number of likely N-dealkylation sites (N-methyl/N-ethyl adjacent to an activating group) is 1. The van der Waals surface area contributed by atoms with Crippen molar-refractivity contribution in [3.63, 3.8) is 0 Å². The molecule has 0 radical (unpaired) electrons. The van der Waals surface area contributed by atoms with E-state index in [0.717, 1.165) is 17.7 Å². The van der Waals surface area contributed by atoms with E-state index in [-0.39, 0.29) is 35.6 Å². The summed E-state index contributed by atoms with van der Waals surface area (Å²) < 4.78 is 0. The predicted molar refractivity (Wildman–Crippen MR) is 141 cm³/mol. The van der Waals surface area contributed by atoms with Gasteiger partial charge in [0.05, 0.1) is 6.04 Å². The molecule has 9 heteroatoms. The van der Waals surface area contributed by atoms with E-state index in [1.54, 1.807) is 11.9 Å². The highest BCUT2D eigenvalue weighted by Gasteiger charge is 2.23. The molecule has 0 aromatic heterocycles. The summed E-state index contributed by atoms with van der Waals surface area (Å²) in [6, 6.07) is 7.21. The number of carbonyl (C=O) groups is 4. The summed E-state index contributed by atoms with van der Waals surface area (Å²) in [6.45, 7) is 6.75. The van der Waals surface area contributed by atoms with Crippen LogP contribution in [0.2, 0.25) is 0 Å². The topological polar surface area (TPSA) is 98.8 Å². The second-order valence-corrected chi connectivity index (χ2v) is 9.56. The molecule has 4 amide bonds. The Kier molecular flexibility index (Phi) is 11.5. The largest absolute Gasteiger partial charge is 0.352 e. The average Bonchev–Trinajstić information content (AvgIpc) is 3.17. The molecule has 1 aliphatic heterocycles. The fourth-order valence-corrected chi connectivity index (χ4v) is 3.96. The highest BCUT2D eigenvalue weighted by atomic mass is 32.1. The number of anilines is 1. The van der Waals surface area contributed by atoms with Gasteiger partial charge in [0.1, 0.15) is 0 Å². The van der Waals surface area contributed by atoms with Gasteiger partial charge in [-0.3, -0.25) is 24.1 Å². The molecule has 2 atom stereocenters. The number of nitrogens with zero attached hydrogens (tertiary/aromatic N) is 2. The molecular weight excluding hydrogens is 464 g/mol. The summed E-state index contributed by atoms with van der Waals surface area (Å²) in [4.78, 5) is 51.3. The minimum atomic E-state index is -0.409. The number of carbonyl (C=O) groups excluding carboxylic acids is 4. The van der Waals surface area contributed by atoms with Crippen molar-refractivity contribution in [1.29, 1.82) is 0 Å². The molecule has 0 aliphatic carbocycles. The number of hydrogen-bond donors (Lipinski definition) is 3. The van der Waals surface area contributed by atoms with E-state index >= 15 is 0 Å². The van der Waals surface area contributed by atoms with E-state index in [1.807, 2.05) is 45.0 Å². The molecule has 1 aromatic rings. The molecule has 2 N–H and O–H groups in total. The van der Waals surface area contributed by atoms with Crippen LogP contribution in [-0.2, 0) is 24.9 Å². The quantitative estimate of drug-likeness (QED) is 0.206. The molecule has 1 aliphatic rings. The summed E-state index contributed by atoms with van der Waals surface area (Å²) in [5, 5.41) is 6.33. The first-order chi connectivity index (χ1) is 16.6. The molecule has 0 bridgehead atoms. The van der Waals surface area contributed by atoms with Gasteiger partial charge in [0.2, 0.25) is 11.8 Å². The van der Waals surface area contributed by atoms with E-state index in [1.165, 1.54) is 17.1 Å². The highest BCUT2D eigenvalue weighted by molar-refractivity contribution is 7.79. The molecule has 0 saturated heterocycles. The fourth-order valence-electron chi connectivity index (χ4n) is 3.75. The first-order valence-electron chi connectivity index (χ1n) is 12.2. The van der Waals surface area contributed by atoms with Crippen LogP contribution in [0.15, 0.2) is 36.4 Å². The maximum Gasteiger partial charge on any atom is 0.253 e. The van der Waals surface area contributed by atoms with Crippen LogP contribution >= 0.6 is 12.6 Å². The lowest BCUT2D eigenvalue weighted by atomic mass is 10.0. The Balaban J connectivity index is 1.72. The smallest absolute Gasteiger partial charge is 0.253 e. The second kappa shape index (κ2) is 14.0. The van der Waals surface area contributed by atoms with Crippen molar-refractivity contribution >= 4 is 41.9 Å². The van der Waals surface area contributed by atoms with Gasteiger partial charge in [-0.1, -0.05) is 32.4 Å². The SMILES string of the molecule is CC(C)[C@@H](CN[C@@H](C)C(=O)N(C)c1ccc(CS)cc1)NC(=O)CCCCCN1C(=O)C=CC1=O. The van der Waals surface area contributed by atoms with E-state index < -0.39 is 6.04 Å². The molecular formula is C26H38N4O4S. The van der Waals surface area contributed by atoms with E-state index in [9.17, 15) is 19.2 Å². The lowest BCUT2D eigenvalue weighted by molar-refractivity contribution is -0.137. The number of nitrogens with one attached hydrogen (secondary N) is 2. The van der Waals surface area contributed by atoms with Gasteiger partial charge in [0.15, 0.2) is 0 Å². The zero-order valence-electron chi connectivity index (χ0n) is 21.1. The van der Waals surface area contributed by atoms with Crippen LogP contribution in [0.25, 0.3) is 0 Å². The average molecular weight is 503 g/mol.